The standard InChI is InChI=1S/C10H18N2O5/c1-10(2,3)17-8(15)4-6(11)9(16)12-5-7(13)14/h6H,4-5,11H2,1-3H3,(H,12,16)(H,13,14)/t6-/m0/s1. The van der Waals surface area contributed by atoms with E-state index in [1.165, 1.54) is 0 Å². The maximum atomic E-state index is 11.3. The number of carboxylic acids is 1. The third kappa shape index (κ3) is 8.21. The van der Waals surface area contributed by atoms with Crippen molar-refractivity contribution in [1.29, 1.82) is 0 Å². The van der Waals surface area contributed by atoms with Crippen LogP contribution in [0.1, 0.15) is 27.2 Å². The summed E-state index contributed by atoms with van der Waals surface area (Å²) >= 11 is 0. The van der Waals surface area contributed by atoms with Crippen LogP contribution in [0.25, 0.3) is 0 Å². The van der Waals surface area contributed by atoms with E-state index in [0.717, 1.165) is 0 Å². The van der Waals surface area contributed by atoms with Gasteiger partial charge in [0.05, 0.1) is 12.5 Å². The molecule has 0 aromatic rings. The van der Waals surface area contributed by atoms with Crippen LogP contribution in [0.2, 0.25) is 0 Å². The van der Waals surface area contributed by atoms with Crippen LogP contribution in [0.15, 0.2) is 0 Å². The number of aliphatic carboxylic acids is 1. The summed E-state index contributed by atoms with van der Waals surface area (Å²) in [6.07, 6.45) is -0.289. The molecule has 0 aliphatic heterocycles. The summed E-state index contributed by atoms with van der Waals surface area (Å²) in [5.74, 6) is -2.48. The van der Waals surface area contributed by atoms with Crippen molar-refractivity contribution in [2.24, 2.45) is 5.73 Å². The Morgan fingerprint density at radius 1 is 1.35 bits per heavy atom. The molecule has 0 bridgehead atoms. The molecule has 98 valence electrons. The summed E-state index contributed by atoms with van der Waals surface area (Å²) in [5, 5.41) is 10.4. The van der Waals surface area contributed by atoms with Crippen LogP contribution in [-0.4, -0.2) is 41.1 Å². The molecule has 7 heteroatoms. The number of nitrogens with two attached hydrogens (primary N) is 1. The summed E-state index contributed by atoms with van der Waals surface area (Å²) < 4.78 is 4.97. The van der Waals surface area contributed by atoms with Crippen molar-refractivity contribution in [2.45, 2.75) is 38.8 Å². The van der Waals surface area contributed by atoms with E-state index in [-0.39, 0.29) is 6.42 Å². The first-order valence-corrected chi connectivity index (χ1v) is 5.09. The molecule has 0 saturated heterocycles. The van der Waals surface area contributed by atoms with E-state index in [9.17, 15) is 14.4 Å². The van der Waals surface area contributed by atoms with Crippen molar-refractivity contribution in [2.75, 3.05) is 6.54 Å². The van der Waals surface area contributed by atoms with Crippen LogP contribution < -0.4 is 11.1 Å². The van der Waals surface area contributed by atoms with Gasteiger partial charge in [-0.2, -0.15) is 0 Å². The molecular formula is C10H18N2O5. The number of hydrogen-bond acceptors (Lipinski definition) is 5. The molecule has 0 aromatic heterocycles. The van der Waals surface area contributed by atoms with Crippen molar-refractivity contribution in [3.8, 4) is 0 Å². The molecule has 1 atom stereocenters. The molecule has 1 amide bonds. The van der Waals surface area contributed by atoms with Gasteiger partial charge in [0.1, 0.15) is 12.1 Å². The highest BCUT2D eigenvalue weighted by molar-refractivity contribution is 5.88. The number of hydrogen-bond donors (Lipinski definition) is 3. The predicted molar refractivity (Wildman–Crippen MR) is 59.1 cm³/mol. The van der Waals surface area contributed by atoms with Gasteiger partial charge in [0.15, 0.2) is 0 Å². The van der Waals surface area contributed by atoms with Gasteiger partial charge in [0.25, 0.3) is 0 Å². The highest BCUT2D eigenvalue weighted by Crippen LogP contribution is 2.08. The SMILES string of the molecule is CC(C)(C)OC(=O)C[C@H](N)C(=O)NCC(=O)O. The minimum absolute atomic E-state index is 0.289. The molecule has 0 rings (SSSR count). The van der Waals surface area contributed by atoms with Crippen molar-refractivity contribution in [3.05, 3.63) is 0 Å². The Hall–Kier alpha value is -1.63. The summed E-state index contributed by atoms with van der Waals surface area (Å²) in [6.45, 7) is 4.56. The number of rotatable bonds is 5. The molecular weight excluding hydrogens is 228 g/mol. The number of amides is 1. The zero-order valence-electron chi connectivity index (χ0n) is 10.1. The fourth-order valence-corrected chi connectivity index (χ4v) is 0.949. The normalized spacial score (nSPS) is 12.7. The van der Waals surface area contributed by atoms with E-state index in [2.05, 4.69) is 5.32 Å². The fraction of sp³-hybridized carbons (Fsp3) is 0.700. The molecule has 4 N–H and O–H groups in total. The quantitative estimate of drug-likeness (QED) is 0.549. The maximum Gasteiger partial charge on any atom is 0.322 e. The van der Waals surface area contributed by atoms with E-state index < -0.39 is 36.0 Å². The third-order valence-electron chi connectivity index (χ3n) is 1.56. The second kappa shape index (κ2) is 6.19. The number of carbonyl (C=O) groups is 3. The Labute approximate surface area is 99.3 Å². The van der Waals surface area contributed by atoms with Crippen molar-refractivity contribution in [1.82, 2.24) is 5.32 Å². The van der Waals surface area contributed by atoms with Crippen LogP contribution >= 0.6 is 0 Å². The van der Waals surface area contributed by atoms with Crippen LogP contribution in [0.3, 0.4) is 0 Å². The van der Waals surface area contributed by atoms with Gasteiger partial charge in [0, 0.05) is 0 Å². The molecule has 0 saturated carbocycles. The first-order chi connectivity index (χ1) is 7.61. The van der Waals surface area contributed by atoms with Gasteiger partial charge in [-0.25, -0.2) is 0 Å². The monoisotopic (exact) mass is 246 g/mol. The Kier molecular flexibility index (Phi) is 5.60. The second-order valence-corrected chi connectivity index (χ2v) is 4.51. The van der Waals surface area contributed by atoms with Gasteiger partial charge >= 0.3 is 11.9 Å². The van der Waals surface area contributed by atoms with Gasteiger partial charge in [0.2, 0.25) is 5.91 Å². The molecule has 0 fully saturated rings. The van der Waals surface area contributed by atoms with Gasteiger partial charge in [-0.3, -0.25) is 14.4 Å². The number of carboxylic acid groups (broad SMARTS) is 1. The highest BCUT2D eigenvalue weighted by Gasteiger charge is 2.22. The maximum absolute atomic E-state index is 11.3. The molecule has 0 aliphatic carbocycles. The molecule has 17 heavy (non-hydrogen) atoms. The minimum Gasteiger partial charge on any atom is -0.480 e. The van der Waals surface area contributed by atoms with Gasteiger partial charge in [-0.15, -0.1) is 0 Å². The van der Waals surface area contributed by atoms with Gasteiger partial charge < -0.3 is 20.9 Å². The van der Waals surface area contributed by atoms with Crippen LogP contribution in [0.5, 0.6) is 0 Å². The van der Waals surface area contributed by atoms with E-state index in [1.54, 1.807) is 20.8 Å². The summed E-state index contributed by atoms with van der Waals surface area (Å²) in [5.41, 5.74) is 4.77. The van der Waals surface area contributed by atoms with Gasteiger partial charge in [-0.05, 0) is 20.8 Å². The van der Waals surface area contributed by atoms with Crippen LogP contribution in [-0.2, 0) is 19.1 Å². The van der Waals surface area contributed by atoms with Gasteiger partial charge in [-0.1, -0.05) is 0 Å². The molecule has 0 radical (unpaired) electrons. The zero-order valence-corrected chi connectivity index (χ0v) is 10.1. The lowest BCUT2D eigenvalue weighted by atomic mass is 10.1. The number of carbonyl (C=O) groups excluding carboxylic acids is 2. The lowest BCUT2D eigenvalue weighted by Crippen LogP contribution is -2.44. The van der Waals surface area contributed by atoms with Crippen molar-refractivity contribution < 1.29 is 24.2 Å². The first-order valence-electron chi connectivity index (χ1n) is 5.09. The first kappa shape index (κ1) is 15.4. The second-order valence-electron chi connectivity index (χ2n) is 4.51. The molecule has 0 heterocycles. The molecule has 0 spiro atoms. The Morgan fingerprint density at radius 2 is 1.88 bits per heavy atom. The van der Waals surface area contributed by atoms with Crippen molar-refractivity contribution >= 4 is 17.8 Å². The average Bonchev–Trinajstić information content (AvgIpc) is 2.10. The van der Waals surface area contributed by atoms with Crippen LogP contribution in [0.4, 0.5) is 0 Å². The third-order valence-corrected chi connectivity index (χ3v) is 1.56. The lowest BCUT2D eigenvalue weighted by Gasteiger charge is -2.20. The minimum atomic E-state index is -1.18. The summed E-state index contributed by atoms with van der Waals surface area (Å²) in [4.78, 5) is 32.7. The Balaban J connectivity index is 4.08. The lowest BCUT2D eigenvalue weighted by molar-refractivity contribution is -0.156. The topological polar surface area (TPSA) is 119 Å². The molecule has 0 aliphatic rings. The average molecular weight is 246 g/mol. The summed E-state index contributed by atoms with van der Waals surface area (Å²) in [7, 11) is 0. The number of ether oxygens (including phenoxy) is 1. The van der Waals surface area contributed by atoms with Crippen LogP contribution in [0, 0.1) is 0 Å². The predicted octanol–water partition coefficient (Wildman–Crippen LogP) is -0.754. The van der Waals surface area contributed by atoms with E-state index >= 15 is 0 Å². The highest BCUT2D eigenvalue weighted by atomic mass is 16.6. The van der Waals surface area contributed by atoms with Crippen molar-refractivity contribution in [3.63, 3.8) is 0 Å². The Morgan fingerprint density at radius 3 is 2.29 bits per heavy atom. The van der Waals surface area contributed by atoms with E-state index in [1.807, 2.05) is 0 Å². The summed E-state index contributed by atoms with van der Waals surface area (Å²) in [6, 6.07) is -1.11. The molecule has 0 unspecified atom stereocenters. The largest absolute Gasteiger partial charge is 0.480 e. The van der Waals surface area contributed by atoms with E-state index in [4.69, 9.17) is 15.6 Å². The molecule has 0 aromatic carbocycles. The number of nitrogens with one attached hydrogen (secondary N) is 1. The van der Waals surface area contributed by atoms with E-state index in [0.29, 0.717) is 0 Å². The Bertz CT molecular complexity index is 308. The smallest absolute Gasteiger partial charge is 0.322 e. The molecule has 7 nitrogen and oxygen atoms in total. The zero-order chi connectivity index (χ0) is 13.6. The fourth-order valence-electron chi connectivity index (χ4n) is 0.949. The number of esters is 1.